The summed E-state index contributed by atoms with van der Waals surface area (Å²) < 4.78 is 0. The third kappa shape index (κ3) is 23.3. The summed E-state index contributed by atoms with van der Waals surface area (Å²) in [5.74, 6) is -11.6. The minimum atomic E-state index is -1.61. The Morgan fingerprint density at radius 1 is 0.803 bits per heavy atom. The summed E-state index contributed by atoms with van der Waals surface area (Å²) in [5.41, 5.74) is 16.6. The molecule has 396 valence electrons. The number of phenols is 1. The van der Waals surface area contributed by atoms with Crippen molar-refractivity contribution < 1.29 is 78.3 Å². The molecule has 0 bridgehead atoms. The molecule has 0 unspecified atom stereocenters. The zero-order valence-corrected chi connectivity index (χ0v) is 40.3. The molecule has 1 fully saturated rings. The monoisotopic (exact) mass is 1030 g/mol. The number of guanidine groups is 1. The van der Waals surface area contributed by atoms with Crippen LogP contribution in [0.1, 0.15) is 64.9 Å². The molecule has 0 spiro atoms. The summed E-state index contributed by atoms with van der Waals surface area (Å²) in [7, 11) is 0. The number of carbonyl (C=O) groups is 11. The Kier molecular flexibility index (Phi) is 27.6. The summed E-state index contributed by atoms with van der Waals surface area (Å²) in [6.07, 6.45) is -0.0676. The molecular weight excluding hydrogens is 961 g/mol. The van der Waals surface area contributed by atoms with E-state index < -0.39 is 139 Å². The molecule has 18 N–H and O–H groups in total. The highest BCUT2D eigenvalue weighted by molar-refractivity contribution is 7.80. The number of thiol groups is 1. The SMILES string of the molecule is CC(=O)O.CC[C@H](C)[C@H](NC(=O)[C@H](Cc1ccc(O)cc1)NC(=O)CNC(=O)[C@@H]1CCCN1C(=O)[C@H](CC(=O)O)NC(=O)[C@@H](N)CS)C(=O)NCC(=O)N[C@@H](CO)C(=O)N[C@@H](CCCN=C(N)N)C(=O)O. The number of hydrogen-bond donors (Lipinski definition) is 16. The third-order valence-corrected chi connectivity index (χ3v) is 10.8. The number of aliphatic imine (C=N–C) groups is 1. The first-order valence-electron chi connectivity index (χ1n) is 22.2. The van der Waals surface area contributed by atoms with E-state index in [1.165, 1.54) is 24.3 Å². The summed E-state index contributed by atoms with van der Waals surface area (Å²) in [6, 6.07) is -3.90. The average molecular weight is 1030 g/mol. The van der Waals surface area contributed by atoms with Crippen molar-refractivity contribution in [1.29, 1.82) is 0 Å². The predicted octanol–water partition coefficient (Wildman–Crippen LogP) is -5.42. The van der Waals surface area contributed by atoms with Crippen molar-refractivity contribution in [2.24, 2.45) is 28.1 Å². The summed E-state index contributed by atoms with van der Waals surface area (Å²) in [4.78, 5) is 143. The Balaban J connectivity index is 0.00000605. The normalized spacial score (nSPS) is 15.7. The Morgan fingerprint density at radius 2 is 1.37 bits per heavy atom. The van der Waals surface area contributed by atoms with Crippen molar-refractivity contribution in [2.45, 2.75) is 108 Å². The van der Waals surface area contributed by atoms with Crippen molar-refractivity contribution >= 4 is 83.8 Å². The number of nitrogens with zero attached hydrogens (tertiary/aromatic N) is 2. The number of carboxylic acids is 3. The van der Waals surface area contributed by atoms with Gasteiger partial charge in [-0.05, 0) is 49.3 Å². The van der Waals surface area contributed by atoms with Crippen LogP contribution in [0, 0.1) is 5.92 Å². The van der Waals surface area contributed by atoms with Crippen LogP contribution in [0.5, 0.6) is 5.75 Å². The number of phenolic OH excluding ortho intramolecular Hbond substituents is 1. The molecule has 8 amide bonds. The lowest BCUT2D eigenvalue weighted by molar-refractivity contribution is -0.146. The number of rotatable bonds is 28. The van der Waals surface area contributed by atoms with E-state index in [0.29, 0.717) is 18.4 Å². The van der Waals surface area contributed by atoms with Crippen molar-refractivity contribution in [1.82, 2.24) is 42.1 Å². The van der Waals surface area contributed by atoms with Crippen LogP contribution in [-0.2, 0) is 59.2 Å². The van der Waals surface area contributed by atoms with Gasteiger partial charge in [0.1, 0.15) is 42.0 Å². The van der Waals surface area contributed by atoms with Crippen LogP contribution in [-0.4, -0.2) is 182 Å². The fourth-order valence-electron chi connectivity index (χ4n) is 6.55. The molecule has 2 rings (SSSR count). The molecule has 1 aromatic carbocycles. The molecule has 0 aromatic heterocycles. The predicted molar refractivity (Wildman–Crippen MR) is 254 cm³/mol. The maximum absolute atomic E-state index is 13.9. The summed E-state index contributed by atoms with van der Waals surface area (Å²) in [5, 5.41) is 62.5. The smallest absolute Gasteiger partial charge is 0.326 e. The van der Waals surface area contributed by atoms with Gasteiger partial charge < -0.3 is 84.9 Å². The number of amides is 8. The van der Waals surface area contributed by atoms with Gasteiger partial charge >= 0.3 is 11.9 Å². The summed E-state index contributed by atoms with van der Waals surface area (Å²) >= 11 is 3.94. The lowest BCUT2D eigenvalue weighted by atomic mass is 9.97. The first-order chi connectivity index (χ1) is 33.3. The molecule has 1 aliphatic rings. The van der Waals surface area contributed by atoms with E-state index >= 15 is 0 Å². The number of carboxylic acid groups (broad SMARTS) is 3. The van der Waals surface area contributed by atoms with E-state index in [2.05, 4.69) is 54.8 Å². The van der Waals surface area contributed by atoms with Gasteiger partial charge in [-0.3, -0.25) is 52.9 Å². The van der Waals surface area contributed by atoms with Gasteiger partial charge in [0, 0.05) is 32.2 Å². The van der Waals surface area contributed by atoms with Crippen LogP contribution in [0.3, 0.4) is 0 Å². The maximum atomic E-state index is 13.9. The summed E-state index contributed by atoms with van der Waals surface area (Å²) in [6.45, 7) is 2.17. The van der Waals surface area contributed by atoms with Crippen molar-refractivity contribution in [3.8, 4) is 5.75 Å². The van der Waals surface area contributed by atoms with Gasteiger partial charge in [0.2, 0.25) is 47.3 Å². The topological polar surface area (TPSA) is 467 Å². The number of benzene rings is 1. The number of nitrogens with one attached hydrogen (secondary N) is 7. The van der Waals surface area contributed by atoms with Gasteiger partial charge in [0.15, 0.2) is 5.96 Å². The number of hydrogen-bond acceptors (Lipinski definition) is 16. The molecule has 1 aliphatic heterocycles. The van der Waals surface area contributed by atoms with Crippen LogP contribution in [0.15, 0.2) is 29.3 Å². The largest absolute Gasteiger partial charge is 0.508 e. The number of likely N-dealkylation sites (tertiary alicyclic amines) is 1. The van der Waals surface area contributed by atoms with Gasteiger partial charge in [-0.2, -0.15) is 12.6 Å². The quantitative estimate of drug-likeness (QED) is 0.0161. The third-order valence-electron chi connectivity index (χ3n) is 10.4. The molecule has 1 heterocycles. The Bertz CT molecular complexity index is 2060. The van der Waals surface area contributed by atoms with E-state index in [4.69, 9.17) is 27.1 Å². The average Bonchev–Trinajstić information content (AvgIpc) is 3.81. The lowest BCUT2D eigenvalue weighted by Gasteiger charge is -2.29. The molecule has 1 saturated heterocycles. The standard InChI is InChI=1S/C40H62N12O14S.C2H4O2/c1-3-20(2)32(37(63)46-17-30(56)48-27(18-53)35(61)49-24(39(65)66)6-4-12-44-40(42)43)51-34(60)25(14-21-8-10-22(54)11-9-21)47-29(55)16-45-36(62)28-7-5-13-52(28)38(64)26(15-31(57)58)50-33(59)23(41)19-67;1-2(3)4/h8-11,20,23-28,32,53-54,67H,3-7,12-19,41H2,1-2H3,(H,45,62)(H,46,63)(H,47,55)(H,48,56)(H,49,61)(H,50,59)(H,51,60)(H,57,58)(H,65,66)(H4,42,43,44);1H3,(H,3,4)/t20-,23-,24-,25-,26-,27-,28-,32-;/m0./s1. The maximum Gasteiger partial charge on any atom is 0.326 e. The minimum absolute atomic E-state index is 0.0396. The van der Waals surface area contributed by atoms with Gasteiger partial charge in [-0.25, -0.2) is 4.79 Å². The zero-order chi connectivity index (χ0) is 54.0. The molecular formula is C42H66N12O16S. The minimum Gasteiger partial charge on any atom is -0.508 e. The number of aliphatic carboxylic acids is 3. The number of aliphatic hydroxyl groups excluding tert-OH is 1. The number of aromatic hydroxyl groups is 1. The molecule has 28 nitrogen and oxygen atoms in total. The molecule has 0 saturated carbocycles. The highest BCUT2D eigenvalue weighted by atomic mass is 32.1. The van der Waals surface area contributed by atoms with Crippen molar-refractivity contribution in [3.63, 3.8) is 0 Å². The zero-order valence-electron chi connectivity index (χ0n) is 39.4. The fraction of sp³-hybridized carbons (Fsp3) is 0.571. The number of carbonyl (C=O) groups excluding carboxylic acids is 8. The first kappa shape index (κ1) is 61.7. The van der Waals surface area contributed by atoms with E-state index in [0.717, 1.165) is 11.8 Å². The van der Waals surface area contributed by atoms with Crippen LogP contribution in [0.2, 0.25) is 0 Å². The number of nitrogens with two attached hydrogens (primary N) is 3. The Morgan fingerprint density at radius 3 is 1.90 bits per heavy atom. The van der Waals surface area contributed by atoms with Gasteiger partial charge in [-0.1, -0.05) is 32.4 Å². The van der Waals surface area contributed by atoms with E-state index in [1.807, 2.05) is 0 Å². The van der Waals surface area contributed by atoms with Crippen LogP contribution >= 0.6 is 12.6 Å². The van der Waals surface area contributed by atoms with Crippen molar-refractivity contribution in [2.75, 3.05) is 38.5 Å². The molecule has 8 atom stereocenters. The van der Waals surface area contributed by atoms with Crippen molar-refractivity contribution in [3.05, 3.63) is 29.8 Å². The lowest BCUT2D eigenvalue weighted by Crippen LogP contribution is -2.58. The molecule has 0 aliphatic carbocycles. The fourth-order valence-corrected chi connectivity index (χ4v) is 6.72. The van der Waals surface area contributed by atoms with Gasteiger partial charge in [-0.15, -0.1) is 0 Å². The Labute approximate surface area is 413 Å². The van der Waals surface area contributed by atoms with Crippen LogP contribution in [0.4, 0.5) is 0 Å². The van der Waals surface area contributed by atoms with Crippen LogP contribution < -0.4 is 54.4 Å². The second-order valence-corrected chi connectivity index (χ2v) is 16.5. The number of aliphatic hydroxyl groups is 1. The van der Waals surface area contributed by atoms with Crippen LogP contribution in [0.25, 0.3) is 0 Å². The van der Waals surface area contributed by atoms with Gasteiger partial charge in [0.05, 0.1) is 32.2 Å². The first-order valence-corrected chi connectivity index (χ1v) is 22.8. The molecule has 1 aromatic rings. The second-order valence-electron chi connectivity index (χ2n) is 16.1. The Hall–Kier alpha value is -7.27. The molecule has 0 radical (unpaired) electrons. The van der Waals surface area contributed by atoms with E-state index in [-0.39, 0.29) is 56.2 Å². The highest BCUT2D eigenvalue weighted by Crippen LogP contribution is 2.20. The second kappa shape index (κ2) is 31.8. The molecule has 29 heteroatoms. The van der Waals surface area contributed by atoms with E-state index in [1.54, 1.807) is 13.8 Å². The molecule has 71 heavy (non-hydrogen) atoms. The highest BCUT2D eigenvalue weighted by Gasteiger charge is 2.39. The van der Waals surface area contributed by atoms with E-state index in [9.17, 15) is 68.4 Å². The van der Waals surface area contributed by atoms with Gasteiger partial charge in [0.25, 0.3) is 5.97 Å².